The number of carbonyl (C=O) groups is 1. The summed E-state index contributed by atoms with van der Waals surface area (Å²) in [6, 6.07) is 8.98. The van der Waals surface area contributed by atoms with Crippen LogP contribution in [-0.4, -0.2) is 42.2 Å². The average Bonchev–Trinajstić information content (AvgIpc) is 2.79. The summed E-state index contributed by atoms with van der Waals surface area (Å²) in [6.45, 7) is 0. The van der Waals surface area contributed by atoms with Gasteiger partial charge in [0.15, 0.2) is 0 Å². The number of benzene rings is 1. The molecule has 1 aromatic heterocycles. The average molecular weight is 434 g/mol. The molecule has 4 rings (SSSR count). The molecular formula is C24H31N7O. The smallest absolute Gasteiger partial charge is 0.319 e. The highest BCUT2D eigenvalue weighted by atomic mass is 16.2. The van der Waals surface area contributed by atoms with Gasteiger partial charge in [-0.25, -0.2) is 9.78 Å². The summed E-state index contributed by atoms with van der Waals surface area (Å²) in [5, 5.41) is 12.7. The van der Waals surface area contributed by atoms with Gasteiger partial charge in [0.05, 0.1) is 17.3 Å². The predicted molar refractivity (Wildman–Crippen MR) is 126 cm³/mol. The summed E-state index contributed by atoms with van der Waals surface area (Å²) in [5.41, 5.74) is 9.38. The molecule has 168 valence electrons. The molecule has 0 bridgehead atoms. The number of nitriles is 1. The molecule has 0 spiro atoms. The molecule has 1 heterocycles. The van der Waals surface area contributed by atoms with Gasteiger partial charge in [-0.2, -0.15) is 10.2 Å². The Labute approximate surface area is 189 Å². The van der Waals surface area contributed by atoms with Crippen LogP contribution in [0.2, 0.25) is 0 Å². The van der Waals surface area contributed by atoms with Gasteiger partial charge >= 0.3 is 6.03 Å². The van der Waals surface area contributed by atoms with Gasteiger partial charge in [-0.3, -0.25) is 4.90 Å². The first kappa shape index (κ1) is 21.9. The summed E-state index contributed by atoms with van der Waals surface area (Å²) in [7, 11) is 4.07. The maximum absolute atomic E-state index is 12.2. The van der Waals surface area contributed by atoms with Crippen LogP contribution in [0.5, 0.6) is 0 Å². The van der Waals surface area contributed by atoms with Crippen molar-refractivity contribution in [1.82, 2.24) is 9.97 Å². The van der Waals surface area contributed by atoms with Crippen LogP contribution in [0.15, 0.2) is 24.3 Å². The number of nitrogens with zero attached hydrogens (tertiary/aromatic N) is 5. The van der Waals surface area contributed by atoms with E-state index in [-0.39, 0.29) is 12.1 Å². The zero-order valence-corrected chi connectivity index (χ0v) is 18.8. The lowest BCUT2D eigenvalue weighted by Crippen LogP contribution is -2.46. The van der Waals surface area contributed by atoms with Crippen LogP contribution in [0.3, 0.4) is 0 Å². The Morgan fingerprint density at radius 3 is 2.59 bits per heavy atom. The third-order valence-corrected chi connectivity index (χ3v) is 6.47. The molecule has 1 aromatic carbocycles. The molecule has 2 aliphatic rings. The summed E-state index contributed by atoms with van der Waals surface area (Å²) >= 11 is 0. The monoisotopic (exact) mass is 433 g/mol. The molecule has 0 saturated heterocycles. The van der Waals surface area contributed by atoms with Crippen molar-refractivity contribution in [3.05, 3.63) is 41.1 Å². The number of urea groups is 1. The van der Waals surface area contributed by atoms with Gasteiger partial charge in [0.1, 0.15) is 5.82 Å². The molecular weight excluding hydrogens is 402 g/mol. The maximum Gasteiger partial charge on any atom is 0.319 e. The molecule has 1 saturated carbocycles. The molecule has 3 N–H and O–H groups in total. The van der Waals surface area contributed by atoms with Crippen molar-refractivity contribution in [2.24, 2.45) is 5.73 Å². The van der Waals surface area contributed by atoms with Crippen molar-refractivity contribution in [3.8, 4) is 6.07 Å². The van der Waals surface area contributed by atoms with Crippen molar-refractivity contribution < 1.29 is 4.79 Å². The number of nitrogens with one attached hydrogen (secondary N) is 1. The quantitative estimate of drug-likeness (QED) is 0.745. The summed E-state index contributed by atoms with van der Waals surface area (Å²) < 4.78 is 0. The van der Waals surface area contributed by atoms with E-state index >= 15 is 0 Å². The minimum absolute atomic E-state index is 0.0151. The maximum atomic E-state index is 12.2. The molecule has 0 radical (unpaired) electrons. The van der Waals surface area contributed by atoms with Crippen LogP contribution in [-0.2, 0) is 12.8 Å². The van der Waals surface area contributed by atoms with E-state index in [1.807, 2.05) is 20.2 Å². The Morgan fingerprint density at radius 1 is 1.16 bits per heavy atom. The van der Waals surface area contributed by atoms with Crippen LogP contribution < -0.4 is 20.9 Å². The SMILES string of the molecule is CN(C)c1nc(NC2CCC(N(C(N)=O)c3cccc(C#N)c3)CC2)nc2c1CCCC2. The molecule has 8 heteroatoms. The molecule has 0 atom stereocenters. The summed E-state index contributed by atoms with van der Waals surface area (Å²) in [4.78, 5) is 25.6. The van der Waals surface area contributed by atoms with Gasteiger partial charge in [0, 0.05) is 37.4 Å². The molecule has 2 aliphatic carbocycles. The van der Waals surface area contributed by atoms with Crippen molar-refractivity contribution in [1.29, 1.82) is 5.26 Å². The number of fused-ring (bicyclic) bond motifs is 1. The second-order valence-corrected chi connectivity index (χ2v) is 8.92. The zero-order valence-electron chi connectivity index (χ0n) is 18.8. The number of nitrogens with two attached hydrogens (primary N) is 1. The Kier molecular flexibility index (Phi) is 6.45. The fourth-order valence-corrected chi connectivity index (χ4v) is 4.91. The highest BCUT2D eigenvalue weighted by molar-refractivity contribution is 5.91. The third kappa shape index (κ3) is 4.62. The standard InChI is InChI=1S/C24H31N7O/c1-30(2)22-20-8-3-4-9-21(20)28-24(29-22)27-17-10-12-18(13-11-17)31(23(26)32)19-7-5-6-16(14-19)15-25/h5-7,14,17-18H,3-4,8-13H2,1-2H3,(H2,26,32)(H,27,28,29). The fourth-order valence-electron chi connectivity index (χ4n) is 4.91. The highest BCUT2D eigenvalue weighted by Gasteiger charge is 2.30. The van der Waals surface area contributed by atoms with E-state index in [0.717, 1.165) is 44.3 Å². The number of carbonyl (C=O) groups excluding carboxylic acids is 1. The Balaban J connectivity index is 1.45. The number of anilines is 3. The third-order valence-electron chi connectivity index (χ3n) is 6.47. The number of rotatable bonds is 5. The number of aromatic nitrogens is 2. The Morgan fingerprint density at radius 2 is 1.91 bits per heavy atom. The van der Waals surface area contributed by atoms with Gasteiger partial charge in [0.25, 0.3) is 0 Å². The van der Waals surface area contributed by atoms with Gasteiger partial charge in [-0.1, -0.05) is 6.07 Å². The molecule has 2 aromatic rings. The second kappa shape index (κ2) is 9.43. The second-order valence-electron chi connectivity index (χ2n) is 8.92. The molecule has 2 amide bonds. The number of primary amides is 1. The number of hydrogen-bond donors (Lipinski definition) is 2. The highest BCUT2D eigenvalue weighted by Crippen LogP contribution is 2.31. The van der Waals surface area contributed by atoms with E-state index < -0.39 is 6.03 Å². The molecule has 0 aliphatic heterocycles. The topological polar surface area (TPSA) is 111 Å². The summed E-state index contributed by atoms with van der Waals surface area (Å²) in [6.07, 6.45) is 7.86. The van der Waals surface area contributed by atoms with Crippen molar-refractivity contribution in [2.45, 2.75) is 63.5 Å². The number of amides is 2. The lowest BCUT2D eigenvalue weighted by molar-refractivity contribution is 0.248. The predicted octanol–water partition coefficient (Wildman–Crippen LogP) is 3.60. The fraction of sp³-hybridized carbons (Fsp3) is 0.500. The van der Waals surface area contributed by atoms with Gasteiger partial charge in [-0.15, -0.1) is 0 Å². The van der Waals surface area contributed by atoms with Crippen molar-refractivity contribution in [3.63, 3.8) is 0 Å². The first-order valence-electron chi connectivity index (χ1n) is 11.4. The Hall–Kier alpha value is -3.34. The molecule has 32 heavy (non-hydrogen) atoms. The number of hydrogen-bond acceptors (Lipinski definition) is 6. The van der Waals surface area contributed by atoms with Crippen LogP contribution in [0.4, 0.5) is 22.2 Å². The van der Waals surface area contributed by atoms with E-state index in [4.69, 9.17) is 15.7 Å². The first-order valence-corrected chi connectivity index (χ1v) is 11.4. The van der Waals surface area contributed by atoms with Gasteiger partial charge < -0.3 is 16.0 Å². The summed E-state index contributed by atoms with van der Waals surface area (Å²) in [5.74, 6) is 1.72. The lowest BCUT2D eigenvalue weighted by Gasteiger charge is -2.36. The normalized spacial score (nSPS) is 20.0. The minimum Gasteiger partial charge on any atom is -0.362 e. The Bertz CT molecular complexity index is 1020. The van der Waals surface area contributed by atoms with Crippen LogP contribution >= 0.6 is 0 Å². The molecule has 1 fully saturated rings. The van der Waals surface area contributed by atoms with Gasteiger partial charge in [-0.05, 0) is 69.6 Å². The number of aryl methyl sites for hydroxylation is 1. The van der Waals surface area contributed by atoms with Crippen molar-refractivity contribution in [2.75, 3.05) is 29.2 Å². The van der Waals surface area contributed by atoms with Crippen LogP contribution in [0.25, 0.3) is 0 Å². The minimum atomic E-state index is -0.481. The van der Waals surface area contributed by atoms with E-state index in [1.165, 1.54) is 24.1 Å². The largest absolute Gasteiger partial charge is 0.362 e. The first-order chi connectivity index (χ1) is 15.5. The zero-order chi connectivity index (χ0) is 22.7. The van der Waals surface area contributed by atoms with Crippen LogP contribution in [0, 0.1) is 11.3 Å². The van der Waals surface area contributed by atoms with Gasteiger partial charge in [0.2, 0.25) is 5.95 Å². The molecule has 8 nitrogen and oxygen atoms in total. The molecule has 0 unspecified atom stereocenters. The van der Waals surface area contributed by atoms with E-state index in [2.05, 4.69) is 16.3 Å². The van der Waals surface area contributed by atoms with Crippen molar-refractivity contribution >= 4 is 23.5 Å². The van der Waals surface area contributed by atoms with E-state index in [9.17, 15) is 10.1 Å². The van der Waals surface area contributed by atoms with Crippen LogP contribution in [0.1, 0.15) is 55.3 Å². The van der Waals surface area contributed by atoms with E-state index in [1.54, 1.807) is 23.1 Å². The van der Waals surface area contributed by atoms with E-state index in [0.29, 0.717) is 17.2 Å². The lowest BCUT2D eigenvalue weighted by atomic mass is 9.90.